The van der Waals surface area contributed by atoms with E-state index in [1.165, 1.54) is 5.56 Å². The summed E-state index contributed by atoms with van der Waals surface area (Å²) in [6.07, 6.45) is 0. The third kappa shape index (κ3) is 3.78. The van der Waals surface area contributed by atoms with Crippen molar-refractivity contribution in [1.82, 2.24) is 4.90 Å². The third-order valence-electron chi connectivity index (χ3n) is 4.53. The topological polar surface area (TPSA) is 38.5 Å². The molecule has 2 atom stereocenters. The average molecular weight is 311 g/mol. The molecule has 1 saturated heterocycles. The van der Waals surface area contributed by atoms with E-state index in [2.05, 4.69) is 51.8 Å². The molecular formula is C17H27ClN2O. The van der Waals surface area contributed by atoms with Crippen molar-refractivity contribution in [3.8, 4) is 0 Å². The van der Waals surface area contributed by atoms with E-state index < -0.39 is 0 Å². The second-order valence-electron chi connectivity index (χ2n) is 7.26. The van der Waals surface area contributed by atoms with Crippen molar-refractivity contribution < 1.29 is 4.74 Å². The van der Waals surface area contributed by atoms with Crippen molar-refractivity contribution in [2.75, 3.05) is 13.6 Å². The van der Waals surface area contributed by atoms with E-state index in [1.54, 1.807) is 0 Å². The number of nitrogens with zero attached hydrogens (tertiary/aromatic N) is 1. The molecule has 4 heteroatoms. The Morgan fingerprint density at radius 1 is 1.14 bits per heavy atom. The van der Waals surface area contributed by atoms with Gasteiger partial charge in [-0.2, -0.15) is 0 Å². The van der Waals surface area contributed by atoms with Crippen molar-refractivity contribution >= 4 is 11.6 Å². The van der Waals surface area contributed by atoms with E-state index in [4.69, 9.17) is 22.1 Å². The lowest BCUT2D eigenvalue weighted by atomic mass is 9.83. The molecule has 0 radical (unpaired) electrons. The van der Waals surface area contributed by atoms with E-state index in [0.717, 1.165) is 18.1 Å². The molecule has 21 heavy (non-hydrogen) atoms. The molecule has 0 aromatic heterocycles. The lowest BCUT2D eigenvalue weighted by Crippen LogP contribution is -2.47. The Labute approximate surface area is 133 Å². The molecule has 2 unspecified atom stereocenters. The Bertz CT molecular complexity index is 484. The van der Waals surface area contributed by atoms with Crippen LogP contribution in [0.3, 0.4) is 0 Å². The summed E-state index contributed by atoms with van der Waals surface area (Å²) in [5.74, 6) is 0.310. The monoisotopic (exact) mass is 310 g/mol. The van der Waals surface area contributed by atoms with E-state index in [1.807, 2.05) is 12.1 Å². The van der Waals surface area contributed by atoms with E-state index >= 15 is 0 Å². The van der Waals surface area contributed by atoms with Crippen LogP contribution >= 0.6 is 11.6 Å². The smallest absolute Gasteiger partial charge is 0.0788 e. The summed E-state index contributed by atoms with van der Waals surface area (Å²) in [4.78, 5) is 2.31. The molecule has 1 heterocycles. The van der Waals surface area contributed by atoms with Gasteiger partial charge in [-0.15, -0.1) is 0 Å². The van der Waals surface area contributed by atoms with Crippen LogP contribution in [0.1, 0.15) is 33.3 Å². The number of ether oxygens (including phenoxy) is 1. The summed E-state index contributed by atoms with van der Waals surface area (Å²) >= 11 is 5.93. The summed E-state index contributed by atoms with van der Waals surface area (Å²) in [7, 11) is 2.13. The minimum atomic E-state index is -0.269. The standard InChI is InChI=1S/C17H27ClN2O/c1-16(2)14(15(19)17(3,4)21-16)11-20(5)10-12-6-8-13(18)9-7-12/h6-9,14-15H,10-11,19H2,1-5H3. The van der Waals surface area contributed by atoms with Gasteiger partial charge >= 0.3 is 0 Å². The molecule has 1 aromatic rings. The van der Waals surface area contributed by atoms with Gasteiger partial charge in [0.1, 0.15) is 0 Å². The molecule has 2 rings (SSSR count). The summed E-state index contributed by atoms with van der Waals surface area (Å²) in [6.45, 7) is 10.2. The van der Waals surface area contributed by atoms with Gasteiger partial charge in [0, 0.05) is 30.1 Å². The van der Waals surface area contributed by atoms with Crippen LogP contribution < -0.4 is 5.73 Å². The first-order valence-electron chi connectivity index (χ1n) is 7.50. The normalized spacial score (nSPS) is 27.2. The largest absolute Gasteiger partial charge is 0.368 e. The molecular weight excluding hydrogens is 284 g/mol. The number of hydrogen-bond acceptors (Lipinski definition) is 3. The molecule has 118 valence electrons. The second kappa shape index (κ2) is 5.88. The number of halogens is 1. The zero-order valence-electron chi connectivity index (χ0n) is 13.7. The van der Waals surface area contributed by atoms with Crippen LogP contribution in [0.5, 0.6) is 0 Å². The number of hydrogen-bond donors (Lipinski definition) is 1. The highest BCUT2D eigenvalue weighted by atomic mass is 35.5. The molecule has 1 aliphatic rings. The van der Waals surface area contributed by atoms with Crippen LogP contribution in [0.4, 0.5) is 0 Å². The van der Waals surface area contributed by atoms with E-state index in [9.17, 15) is 0 Å². The summed E-state index contributed by atoms with van der Waals surface area (Å²) in [6, 6.07) is 8.04. The zero-order chi connectivity index (χ0) is 15.8. The van der Waals surface area contributed by atoms with Crippen molar-refractivity contribution in [3.05, 3.63) is 34.9 Å². The third-order valence-corrected chi connectivity index (χ3v) is 4.78. The Morgan fingerprint density at radius 3 is 2.19 bits per heavy atom. The summed E-state index contributed by atoms with van der Waals surface area (Å²) in [5, 5.41) is 0.774. The minimum absolute atomic E-state index is 0.0418. The first kappa shape index (κ1) is 16.8. The Balaban J connectivity index is 2.02. The second-order valence-corrected chi connectivity index (χ2v) is 7.70. The SMILES string of the molecule is CN(Cc1ccc(Cl)cc1)CC1C(N)C(C)(C)OC1(C)C. The molecule has 0 amide bonds. The molecule has 0 spiro atoms. The summed E-state index contributed by atoms with van der Waals surface area (Å²) < 4.78 is 6.16. The highest BCUT2D eigenvalue weighted by Crippen LogP contribution is 2.41. The van der Waals surface area contributed by atoms with Crippen LogP contribution in [-0.4, -0.2) is 35.7 Å². The van der Waals surface area contributed by atoms with Crippen LogP contribution in [-0.2, 0) is 11.3 Å². The maximum absolute atomic E-state index is 6.42. The fraction of sp³-hybridized carbons (Fsp3) is 0.647. The van der Waals surface area contributed by atoms with Crippen molar-refractivity contribution in [3.63, 3.8) is 0 Å². The fourth-order valence-electron chi connectivity index (χ4n) is 3.37. The van der Waals surface area contributed by atoms with E-state index in [-0.39, 0.29) is 17.2 Å². The van der Waals surface area contributed by atoms with Gasteiger partial charge in [-0.05, 0) is 52.4 Å². The van der Waals surface area contributed by atoms with E-state index in [0.29, 0.717) is 5.92 Å². The molecule has 1 aromatic carbocycles. The van der Waals surface area contributed by atoms with Crippen LogP contribution in [0, 0.1) is 5.92 Å². The number of benzene rings is 1. The predicted octanol–water partition coefficient (Wildman–Crippen LogP) is 3.30. The van der Waals surface area contributed by atoms with Crippen molar-refractivity contribution in [2.45, 2.75) is 51.5 Å². The lowest BCUT2D eigenvalue weighted by molar-refractivity contribution is -0.0782. The van der Waals surface area contributed by atoms with Gasteiger partial charge < -0.3 is 15.4 Å². The Kier molecular flexibility index (Phi) is 4.69. The lowest BCUT2D eigenvalue weighted by Gasteiger charge is -2.31. The number of nitrogens with two attached hydrogens (primary N) is 1. The highest BCUT2D eigenvalue weighted by molar-refractivity contribution is 6.30. The van der Waals surface area contributed by atoms with Crippen LogP contribution in [0.25, 0.3) is 0 Å². The molecule has 3 nitrogen and oxygen atoms in total. The predicted molar refractivity (Wildman–Crippen MR) is 88.5 cm³/mol. The van der Waals surface area contributed by atoms with Gasteiger partial charge in [-0.25, -0.2) is 0 Å². The van der Waals surface area contributed by atoms with Gasteiger partial charge in [0.05, 0.1) is 11.2 Å². The molecule has 2 N–H and O–H groups in total. The Hall–Kier alpha value is -0.610. The summed E-state index contributed by atoms with van der Waals surface area (Å²) in [5.41, 5.74) is 7.21. The van der Waals surface area contributed by atoms with Gasteiger partial charge in [-0.1, -0.05) is 23.7 Å². The van der Waals surface area contributed by atoms with Crippen LogP contribution in [0.2, 0.25) is 5.02 Å². The maximum atomic E-state index is 6.42. The molecule has 1 fully saturated rings. The van der Waals surface area contributed by atoms with Gasteiger partial charge in [0.25, 0.3) is 0 Å². The molecule has 0 saturated carbocycles. The first-order chi connectivity index (χ1) is 9.62. The zero-order valence-corrected chi connectivity index (χ0v) is 14.4. The molecule has 0 aliphatic carbocycles. The average Bonchev–Trinajstić information content (AvgIpc) is 2.50. The van der Waals surface area contributed by atoms with Gasteiger partial charge in [-0.3, -0.25) is 0 Å². The van der Waals surface area contributed by atoms with Crippen molar-refractivity contribution in [2.24, 2.45) is 11.7 Å². The number of rotatable bonds is 4. The minimum Gasteiger partial charge on any atom is -0.368 e. The maximum Gasteiger partial charge on any atom is 0.0788 e. The first-order valence-corrected chi connectivity index (χ1v) is 7.88. The molecule has 0 bridgehead atoms. The molecule has 1 aliphatic heterocycles. The van der Waals surface area contributed by atoms with Crippen molar-refractivity contribution in [1.29, 1.82) is 0 Å². The van der Waals surface area contributed by atoms with Gasteiger partial charge in [0.2, 0.25) is 0 Å². The highest BCUT2D eigenvalue weighted by Gasteiger charge is 2.52. The van der Waals surface area contributed by atoms with Gasteiger partial charge in [0.15, 0.2) is 0 Å². The quantitative estimate of drug-likeness (QED) is 0.927. The fourth-order valence-corrected chi connectivity index (χ4v) is 3.50. The Morgan fingerprint density at radius 2 is 1.71 bits per heavy atom. The van der Waals surface area contributed by atoms with Crippen LogP contribution in [0.15, 0.2) is 24.3 Å².